The van der Waals surface area contributed by atoms with Crippen LogP contribution in [-0.4, -0.2) is 39.2 Å². The maximum atomic E-state index is 13.5. The first-order valence-electron chi connectivity index (χ1n) is 12.5. The van der Waals surface area contributed by atoms with Gasteiger partial charge in [0.1, 0.15) is 11.5 Å². The molecule has 3 N–H and O–H groups in total. The Morgan fingerprint density at radius 1 is 0.865 bits per heavy atom. The number of amides is 3. The predicted octanol–water partition coefficient (Wildman–Crippen LogP) is 5.83. The Bertz CT molecular complexity index is 1230. The molecule has 1 atom stereocenters. The van der Waals surface area contributed by atoms with Crippen molar-refractivity contribution >= 4 is 29.0 Å². The van der Waals surface area contributed by atoms with Gasteiger partial charge in [0.05, 0.1) is 31.5 Å². The van der Waals surface area contributed by atoms with Crippen LogP contribution in [0.4, 0.5) is 21.9 Å². The van der Waals surface area contributed by atoms with Gasteiger partial charge in [0.25, 0.3) is 5.91 Å². The highest BCUT2D eigenvalue weighted by atomic mass is 16.5. The van der Waals surface area contributed by atoms with E-state index in [2.05, 4.69) is 20.9 Å². The minimum absolute atomic E-state index is 0.162. The first-order valence-corrected chi connectivity index (χ1v) is 12.5. The SMILES string of the molecule is COc1ccc(NC(=O)Nc2ccc(N3CCCCC3)c(C(=O)NC(C)c3ccccc3)c2)c(OC)c1. The van der Waals surface area contributed by atoms with Crippen molar-refractivity contribution in [3.05, 3.63) is 77.9 Å². The Morgan fingerprint density at radius 3 is 2.32 bits per heavy atom. The lowest BCUT2D eigenvalue weighted by atomic mass is 10.0. The molecule has 1 fully saturated rings. The summed E-state index contributed by atoms with van der Waals surface area (Å²) in [7, 11) is 3.09. The van der Waals surface area contributed by atoms with Gasteiger partial charge in [0.15, 0.2) is 0 Å². The fraction of sp³-hybridized carbons (Fsp3) is 0.310. The van der Waals surface area contributed by atoms with Gasteiger partial charge in [-0.25, -0.2) is 4.79 Å². The molecular weight excluding hydrogens is 468 g/mol. The summed E-state index contributed by atoms with van der Waals surface area (Å²) < 4.78 is 10.6. The zero-order valence-electron chi connectivity index (χ0n) is 21.5. The summed E-state index contributed by atoms with van der Waals surface area (Å²) in [4.78, 5) is 28.5. The van der Waals surface area contributed by atoms with E-state index in [0.717, 1.165) is 37.2 Å². The summed E-state index contributed by atoms with van der Waals surface area (Å²) in [6.45, 7) is 3.77. The van der Waals surface area contributed by atoms with Crippen LogP contribution in [0.5, 0.6) is 11.5 Å². The molecule has 0 aliphatic carbocycles. The number of anilines is 3. The number of carbonyl (C=O) groups excluding carboxylic acids is 2. The predicted molar refractivity (Wildman–Crippen MR) is 147 cm³/mol. The van der Waals surface area contributed by atoms with Crippen LogP contribution in [0.25, 0.3) is 0 Å². The molecule has 8 nitrogen and oxygen atoms in total. The second kappa shape index (κ2) is 12.2. The summed E-state index contributed by atoms with van der Waals surface area (Å²) in [5.41, 5.74) is 3.45. The average molecular weight is 503 g/mol. The average Bonchev–Trinajstić information content (AvgIpc) is 2.94. The van der Waals surface area contributed by atoms with Crippen LogP contribution in [0.2, 0.25) is 0 Å². The van der Waals surface area contributed by atoms with Gasteiger partial charge >= 0.3 is 6.03 Å². The lowest BCUT2D eigenvalue weighted by Crippen LogP contribution is -2.33. The van der Waals surface area contributed by atoms with Crippen LogP contribution in [-0.2, 0) is 0 Å². The number of hydrogen-bond donors (Lipinski definition) is 3. The fourth-order valence-corrected chi connectivity index (χ4v) is 4.49. The highest BCUT2D eigenvalue weighted by Crippen LogP contribution is 2.30. The Kier molecular flexibility index (Phi) is 8.51. The van der Waals surface area contributed by atoms with Crippen molar-refractivity contribution in [2.24, 2.45) is 0 Å². The molecule has 3 aromatic carbocycles. The molecule has 1 unspecified atom stereocenters. The van der Waals surface area contributed by atoms with Crippen molar-refractivity contribution in [2.75, 3.05) is 42.8 Å². The minimum atomic E-state index is -0.446. The summed E-state index contributed by atoms with van der Waals surface area (Å²) in [5.74, 6) is 0.916. The molecular formula is C29H34N4O4. The lowest BCUT2D eigenvalue weighted by Gasteiger charge is -2.31. The van der Waals surface area contributed by atoms with Gasteiger partial charge in [-0.05, 0) is 62.1 Å². The molecule has 0 bridgehead atoms. The standard InChI is InChI=1S/C29H34N4O4/c1-20(21-10-6-4-7-11-21)30-28(34)24-18-22(12-15-26(24)33-16-8-5-9-17-33)31-29(35)32-25-14-13-23(36-2)19-27(25)37-3/h4,6-7,10-15,18-20H,5,8-9,16-17H2,1-3H3,(H,30,34)(H2,31,32,35). The summed E-state index contributed by atoms with van der Waals surface area (Å²) in [5, 5.41) is 8.76. The summed E-state index contributed by atoms with van der Waals surface area (Å²) in [6, 6.07) is 19.9. The van der Waals surface area contributed by atoms with E-state index in [1.807, 2.05) is 49.4 Å². The number of ether oxygens (including phenoxy) is 2. The Hall–Kier alpha value is -4.20. The normalized spacial score (nSPS) is 13.9. The fourth-order valence-electron chi connectivity index (χ4n) is 4.49. The van der Waals surface area contributed by atoms with Crippen LogP contribution in [0.3, 0.4) is 0 Å². The molecule has 4 rings (SSSR count). The number of nitrogens with zero attached hydrogens (tertiary/aromatic N) is 1. The molecule has 0 radical (unpaired) electrons. The second-order valence-corrected chi connectivity index (χ2v) is 9.03. The molecule has 3 aromatic rings. The minimum Gasteiger partial charge on any atom is -0.497 e. The van der Waals surface area contributed by atoms with Gasteiger partial charge in [-0.15, -0.1) is 0 Å². The zero-order chi connectivity index (χ0) is 26.2. The molecule has 0 aromatic heterocycles. The van der Waals surface area contributed by atoms with Gasteiger partial charge < -0.3 is 30.3 Å². The maximum absolute atomic E-state index is 13.5. The van der Waals surface area contributed by atoms with E-state index in [1.54, 1.807) is 31.4 Å². The summed E-state index contributed by atoms with van der Waals surface area (Å²) in [6.07, 6.45) is 3.37. The highest BCUT2D eigenvalue weighted by molar-refractivity contribution is 6.04. The van der Waals surface area contributed by atoms with Crippen LogP contribution in [0.15, 0.2) is 66.7 Å². The molecule has 37 heavy (non-hydrogen) atoms. The van der Waals surface area contributed by atoms with Crippen molar-refractivity contribution in [3.8, 4) is 11.5 Å². The van der Waals surface area contributed by atoms with E-state index in [0.29, 0.717) is 28.4 Å². The van der Waals surface area contributed by atoms with E-state index in [9.17, 15) is 9.59 Å². The van der Waals surface area contributed by atoms with E-state index in [4.69, 9.17) is 9.47 Å². The molecule has 1 aliphatic heterocycles. The zero-order valence-corrected chi connectivity index (χ0v) is 21.5. The number of nitrogens with one attached hydrogen (secondary N) is 3. The first kappa shape index (κ1) is 25.9. The smallest absolute Gasteiger partial charge is 0.323 e. The molecule has 1 heterocycles. The Morgan fingerprint density at radius 2 is 1.62 bits per heavy atom. The van der Waals surface area contributed by atoms with Gasteiger partial charge in [-0.2, -0.15) is 0 Å². The lowest BCUT2D eigenvalue weighted by molar-refractivity contribution is 0.0940. The van der Waals surface area contributed by atoms with Crippen molar-refractivity contribution in [3.63, 3.8) is 0 Å². The first-order chi connectivity index (χ1) is 18.0. The number of urea groups is 1. The van der Waals surface area contributed by atoms with Crippen LogP contribution in [0.1, 0.15) is 48.1 Å². The summed E-state index contributed by atoms with van der Waals surface area (Å²) >= 11 is 0. The van der Waals surface area contributed by atoms with Gasteiger partial charge in [0, 0.05) is 30.5 Å². The highest BCUT2D eigenvalue weighted by Gasteiger charge is 2.21. The molecule has 1 saturated heterocycles. The number of hydrogen-bond acceptors (Lipinski definition) is 5. The third kappa shape index (κ3) is 6.52. The van der Waals surface area contributed by atoms with Crippen LogP contribution in [0, 0.1) is 0 Å². The Balaban J connectivity index is 1.54. The molecule has 194 valence electrons. The molecule has 1 aliphatic rings. The molecule has 0 spiro atoms. The number of benzene rings is 3. The third-order valence-electron chi connectivity index (χ3n) is 6.50. The van der Waals surface area contributed by atoms with E-state index in [1.165, 1.54) is 13.5 Å². The van der Waals surface area contributed by atoms with Crippen molar-refractivity contribution < 1.29 is 19.1 Å². The van der Waals surface area contributed by atoms with E-state index < -0.39 is 6.03 Å². The van der Waals surface area contributed by atoms with Crippen LogP contribution >= 0.6 is 0 Å². The van der Waals surface area contributed by atoms with Gasteiger partial charge in [-0.3, -0.25) is 4.79 Å². The monoisotopic (exact) mass is 502 g/mol. The van der Waals surface area contributed by atoms with Crippen molar-refractivity contribution in [1.29, 1.82) is 0 Å². The van der Waals surface area contributed by atoms with Gasteiger partial charge in [-0.1, -0.05) is 30.3 Å². The molecule has 0 saturated carbocycles. The van der Waals surface area contributed by atoms with Crippen molar-refractivity contribution in [2.45, 2.75) is 32.2 Å². The second-order valence-electron chi connectivity index (χ2n) is 9.03. The molecule has 3 amide bonds. The van der Waals surface area contributed by atoms with Gasteiger partial charge in [0.2, 0.25) is 0 Å². The quantitative estimate of drug-likeness (QED) is 0.361. The number of rotatable bonds is 8. The number of methoxy groups -OCH3 is 2. The van der Waals surface area contributed by atoms with Crippen LogP contribution < -0.4 is 30.3 Å². The Labute approximate surface area is 218 Å². The largest absolute Gasteiger partial charge is 0.497 e. The molecule has 8 heteroatoms. The maximum Gasteiger partial charge on any atom is 0.323 e. The van der Waals surface area contributed by atoms with Crippen molar-refractivity contribution in [1.82, 2.24) is 5.32 Å². The van der Waals surface area contributed by atoms with E-state index in [-0.39, 0.29) is 11.9 Å². The number of piperidine rings is 1. The topological polar surface area (TPSA) is 91.9 Å². The number of carbonyl (C=O) groups is 2. The third-order valence-corrected chi connectivity index (χ3v) is 6.50. The van der Waals surface area contributed by atoms with E-state index >= 15 is 0 Å².